The number of rotatable bonds is 4. The number of thiazole rings is 1. The topological polar surface area (TPSA) is 33.2 Å². The predicted molar refractivity (Wildman–Crippen MR) is 89.0 cm³/mol. The van der Waals surface area contributed by atoms with Gasteiger partial charge in [-0.25, -0.2) is 4.98 Å². The molecule has 1 aliphatic rings. The Hall–Kier alpha value is -0.740. The Balaban J connectivity index is 2.04. The van der Waals surface area contributed by atoms with Gasteiger partial charge in [0, 0.05) is 10.8 Å². The molecule has 0 amide bonds. The monoisotopic (exact) mass is 308 g/mol. The lowest BCUT2D eigenvalue weighted by Crippen LogP contribution is -2.52. The van der Waals surface area contributed by atoms with Crippen molar-refractivity contribution in [3.8, 4) is 0 Å². The minimum absolute atomic E-state index is 0.0557. The molecule has 0 spiro atoms. The molecule has 0 atom stereocenters. The number of hydrogen-bond acceptors (Lipinski definition) is 4. The minimum Gasteiger partial charge on any atom is -0.297 e. The van der Waals surface area contributed by atoms with Gasteiger partial charge in [-0.05, 0) is 39.8 Å². The van der Waals surface area contributed by atoms with Crippen LogP contribution in [0.1, 0.15) is 64.6 Å². The van der Waals surface area contributed by atoms with Gasteiger partial charge >= 0.3 is 0 Å². The first-order valence-corrected chi connectivity index (χ1v) is 8.82. The molecule has 0 unspecified atom stereocenters. The van der Waals surface area contributed by atoms with E-state index in [9.17, 15) is 4.79 Å². The Kier molecular flexibility index (Phi) is 4.89. The fourth-order valence-corrected chi connectivity index (χ4v) is 3.74. The van der Waals surface area contributed by atoms with Crippen molar-refractivity contribution in [2.45, 2.75) is 71.3 Å². The van der Waals surface area contributed by atoms with Crippen LogP contribution in [0, 0.1) is 0 Å². The molecule has 0 aliphatic carbocycles. The SMILES string of the molecule is CC(C)(C)c1csc(CC(=O)C(C)(C)N2CCCCC2)n1. The van der Waals surface area contributed by atoms with Gasteiger partial charge in [-0.1, -0.05) is 27.2 Å². The molecule has 118 valence electrons. The third kappa shape index (κ3) is 3.92. The summed E-state index contributed by atoms with van der Waals surface area (Å²) in [4.78, 5) is 19.7. The van der Waals surface area contributed by atoms with Crippen LogP contribution >= 0.6 is 11.3 Å². The van der Waals surface area contributed by atoms with Crippen molar-refractivity contribution in [3.05, 3.63) is 16.1 Å². The van der Waals surface area contributed by atoms with Crippen LogP contribution in [0.25, 0.3) is 0 Å². The Morgan fingerprint density at radius 3 is 2.33 bits per heavy atom. The number of nitrogens with zero attached hydrogens (tertiary/aromatic N) is 2. The second-order valence-electron chi connectivity index (χ2n) is 7.58. The average molecular weight is 308 g/mol. The average Bonchev–Trinajstić information content (AvgIpc) is 2.88. The van der Waals surface area contributed by atoms with E-state index in [1.54, 1.807) is 11.3 Å². The van der Waals surface area contributed by atoms with Gasteiger partial charge < -0.3 is 0 Å². The van der Waals surface area contributed by atoms with Crippen molar-refractivity contribution in [2.24, 2.45) is 0 Å². The third-order valence-electron chi connectivity index (χ3n) is 4.46. The van der Waals surface area contributed by atoms with Crippen LogP contribution in [-0.4, -0.2) is 34.3 Å². The Bertz CT molecular complexity index is 493. The summed E-state index contributed by atoms with van der Waals surface area (Å²) in [5.41, 5.74) is 0.778. The summed E-state index contributed by atoms with van der Waals surface area (Å²) in [5, 5.41) is 3.05. The van der Waals surface area contributed by atoms with E-state index in [0.717, 1.165) is 23.8 Å². The maximum Gasteiger partial charge on any atom is 0.159 e. The summed E-state index contributed by atoms with van der Waals surface area (Å²) in [6, 6.07) is 0. The number of carbonyl (C=O) groups excluding carboxylic acids is 1. The Morgan fingerprint density at radius 2 is 1.81 bits per heavy atom. The highest BCUT2D eigenvalue weighted by Crippen LogP contribution is 2.27. The van der Waals surface area contributed by atoms with Gasteiger partial charge in [-0.15, -0.1) is 11.3 Å². The molecule has 1 aromatic heterocycles. The van der Waals surface area contributed by atoms with Gasteiger partial charge in [0.25, 0.3) is 0 Å². The zero-order valence-electron chi connectivity index (χ0n) is 14.0. The standard InChI is InChI=1S/C17H28N2OS/c1-16(2,3)13-12-21-15(18-13)11-14(20)17(4,5)19-9-7-6-8-10-19/h12H,6-11H2,1-5H3. The van der Waals surface area contributed by atoms with E-state index in [1.165, 1.54) is 19.3 Å². The molecule has 1 aliphatic heterocycles. The van der Waals surface area contributed by atoms with E-state index in [-0.39, 0.29) is 11.0 Å². The van der Waals surface area contributed by atoms with E-state index in [4.69, 9.17) is 0 Å². The molecule has 0 saturated carbocycles. The molecule has 0 N–H and O–H groups in total. The fraction of sp³-hybridized carbons (Fsp3) is 0.765. The lowest BCUT2D eigenvalue weighted by Gasteiger charge is -2.39. The lowest BCUT2D eigenvalue weighted by atomic mass is 9.91. The summed E-state index contributed by atoms with van der Waals surface area (Å²) in [7, 11) is 0. The Morgan fingerprint density at radius 1 is 1.19 bits per heavy atom. The van der Waals surface area contributed by atoms with E-state index in [1.807, 2.05) is 0 Å². The first-order valence-electron chi connectivity index (χ1n) is 7.94. The van der Waals surface area contributed by atoms with E-state index < -0.39 is 0 Å². The molecule has 1 fully saturated rings. The summed E-state index contributed by atoms with van der Waals surface area (Å²) < 4.78 is 0. The third-order valence-corrected chi connectivity index (χ3v) is 5.31. The maximum absolute atomic E-state index is 12.7. The molecule has 2 heterocycles. The minimum atomic E-state index is -0.367. The lowest BCUT2D eigenvalue weighted by molar-refractivity contribution is -0.129. The van der Waals surface area contributed by atoms with Crippen LogP contribution in [0.15, 0.2) is 5.38 Å². The molecule has 0 radical (unpaired) electrons. The van der Waals surface area contributed by atoms with Crippen molar-refractivity contribution in [1.82, 2.24) is 9.88 Å². The smallest absolute Gasteiger partial charge is 0.159 e. The first kappa shape index (κ1) is 16.6. The van der Waals surface area contributed by atoms with Crippen LogP contribution in [0.3, 0.4) is 0 Å². The normalized spacial score (nSPS) is 18.0. The highest BCUT2D eigenvalue weighted by Gasteiger charge is 2.35. The number of piperidine rings is 1. The number of carbonyl (C=O) groups is 1. The maximum atomic E-state index is 12.7. The number of likely N-dealkylation sites (tertiary alicyclic amines) is 1. The summed E-state index contributed by atoms with van der Waals surface area (Å²) in [6.07, 6.45) is 4.18. The molecule has 1 aromatic rings. The fourth-order valence-electron chi connectivity index (χ4n) is 2.72. The zero-order chi connectivity index (χ0) is 15.7. The summed E-state index contributed by atoms with van der Waals surface area (Å²) in [5.74, 6) is 0.291. The number of aromatic nitrogens is 1. The van der Waals surface area contributed by atoms with E-state index in [2.05, 4.69) is 49.9 Å². The highest BCUT2D eigenvalue weighted by molar-refractivity contribution is 7.09. The second-order valence-corrected chi connectivity index (χ2v) is 8.53. The molecule has 21 heavy (non-hydrogen) atoms. The van der Waals surface area contributed by atoms with Gasteiger partial charge in [-0.2, -0.15) is 0 Å². The summed E-state index contributed by atoms with van der Waals surface area (Å²) >= 11 is 1.62. The predicted octanol–water partition coefficient (Wildman–Crippen LogP) is 3.82. The van der Waals surface area contributed by atoms with Crippen molar-refractivity contribution < 1.29 is 4.79 Å². The van der Waals surface area contributed by atoms with Crippen LogP contribution in [0.4, 0.5) is 0 Å². The molecule has 3 nitrogen and oxygen atoms in total. The van der Waals surface area contributed by atoms with Gasteiger partial charge in [0.15, 0.2) is 5.78 Å². The van der Waals surface area contributed by atoms with Crippen LogP contribution in [0.2, 0.25) is 0 Å². The van der Waals surface area contributed by atoms with Gasteiger partial charge in [0.05, 0.1) is 17.7 Å². The van der Waals surface area contributed by atoms with Crippen LogP contribution in [-0.2, 0) is 16.6 Å². The molecule has 0 bridgehead atoms. The molecule has 2 rings (SSSR count). The molecular formula is C17H28N2OS. The van der Waals surface area contributed by atoms with E-state index >= 15 is 0 Å². The van der Waals surface area contributed by atoms with Gasteiger partial charge in [-0.3, -0.25) is 9.69 Å². The van der Waals surface area contributed by atoms with Crippen molar-refractivity contribution in [1.29, 1.82) is 0 Å². The van der Waals surface area contributed by atoms with Crippen molar-refractivity contribution in [3.63, 3.8) is 0 Å². The van der Waals surface area contributed by atoms with Crippen molar-refractivity contribution >= 4 is 17.1 Å². The van der Waals surface area contributed by atoms with Crippen molar-refractivity contribution in [2.75, 3.05) is 13.1 Å². The first-order chi connectivity index (χ1) is 9.71. The molecular weight excluding hydrogens is 280 g/mol. The largest absolute Gasteiger partial charge is 0.297 e. The van der Waals surface area contributed by atoms with Crippen LogP contribution < -0.4 is 0 Å². The van der Waals surface area contributed by atoms with Gasteiger partial charge in [0.2, 0.25) is 0 Å². The molecule has 0 aromatic carbocycles. The summed E-state index contributed by atoms with van der Waals surface area (Å²) in [6.45, 7) is 12.7. The van der Waals surface area contributed by atoms with Gasteiger partial charge in [0.1, 0.15) is 5.01 Å². The quantitative estimate of drug-likeness (QED) is 0.848. The highest BCUT2D eigenvalue weighted by atomic mass is 32.1. The molecule has 1 saturated heterocycles. The second kappa shape index (κ2) is 6.17. The zero-order valence-corrected chi connectivity index (χ0v) is 14.8. The number of hydrogen-bond donors (Lipinski definition) is 0. The Labute approximate surface area is 132 Å². The number of ketones is 1. The van der Waals surface area contributed by atoms with Crippen LogP contribution in [0.5, 0.6) is 0 Å². The van der Waals surface area contributed by atoms with E-state index in [0.29, 0.717) is 12.2 Å². The number of Topliss-reactive ketones (excluding diaryl/α,β-unsaturated/α-hetero) is 1. The molecule has 4 heteroatoms.